The number of ether oxygens (including phenoxy) is 1. The van der Waals surface area contributed by atoms with Gasteiger partial charge in [0.1, 0.15) is 0 Å². The summed E-state index contributed by atoms with van der Waals surface area (Å²) in [5.41, 5.74) is -0.113. The summed E-state index contributed by atoms with van der Waals surface area (Å²) >= 11 is 0. The van der Waals surface area contributed by atoms with Gasteiger partial charge in [-0.3, -0.25) is 14.5 Å². The van der Waals surface area contributed by atoms with Crippen molar-refractivity contribution in [1.29, 1.82) is 0 Å². The van der Waals surface area contributed by atoms with Gasteiger partial charge in [-0.05, 0) is 62.2 Å². The number of morpholine rings is 1. The number of rotatable bonds is 8. The van der Waals surface area contributed by atoms with Gasteiger partial charge in [0.05, 0.1) is 13.2 Å². The standard InChI is InChI=1S/C22H37N3O3/c1-16(15-25-4-6-28-7-5-25)14-24-20(26)2-3-23-21(27)22-11-17-8-18(12-22)10-19(9-17)13-22/h16-19H,2-15H2,1H3,(H,23,27)(H,24,26). The largest absolute Gasteiger partial charge is 0.379 e. The lowest BCUT2D eigenvalue weighted by atomic mass is 9.49. The molecule has 2 amide bonds. The van der Waals surface area contributed by atoms with Crippen LogP contribution in [-0.2, 0) is 14.3 Å². The topological polar surface area (TPSA) is 70.7 Å². The van der Waals surface area contributed by atoms with Gasteiger partial charge >= 0.3 is 0 Å². The summed E-state index contributed by atoms with van der Waals surface area (Å²) in [7, 11) is 0. The second kappa shape index (κ2) is 8.70. The van der Waals surface area contributed by atoms with Crippen molar-refractivity contribution in [1.82, 2.24) is 15.5 Å². The molecule has 6 nitrogen and oxygen atoms in total. The Kier molecular flexibility index (Phi) is 6.26. The van der Waals surface area contributed by atoms with Crippen LogP contribution in [0.25, 0.3) is 0 Å². The Morgan fingerprint density at radius 3 is 2.25 bits per heavy atom. The van der Waals surface area contributed by atoms with E-state index in [1.807, 2.05) is 0 Å². The van der Waals surface area contributed by atoms with Crippen LogP contribution in [0.1, 0.15) is 51.9 Å². The lowest BCUT2D eigenvalue weighted by molar-refractivity contribution is -0.146. The second-order valence-electron chi connectivity index (χ2n) is 10.0. The number of carbonyl (C=O) groups excluding carboxylic acids is 2. The fraction of sp³-hybridized carbons (Fsp3) is 0.909. The van der Waals surface area contributed by atoms with Crippen molar-refractivity contribution in [3.8, 4) is 0 Å². The second-order valence-corrected chi connectivity index (χ2v) is 10.0. The summed E-state index contributed by atoms with van der Waals surface area (Å²) in [6.45, 7) is 7.90. The Morgan fingerprint density at radius 1 is 1.04 bits per heavy atom. The van der Waals surface area contributed by atoms with Crippen molar-refractivity contribution in [2.45, 2.75) is 51.9 Å². The van der Waals surface area contributed by atoms with E-state index in [4.69, 9.17) is 4.74 Å². The molecule has 0 spiro atoms. The maximum atomic E-state index is 12.9. The third-order valence-electron chi connectivity index (χ3n) is 7.48. The van der Waals surface area contributed by atoms with E-state index < -0.39 is 0 Å². The SMILES string of the molecule is CC(CNC(=O)CCNC(=O)C12CC3CC(CC(C3)C1)C2)CN1CCOCC1. The maximum absolute atomic E-state index is 12.9. The van der Waals surface area contributed by atoms with E-state index in [0.29, 0.717) is 25.4 Å². The van der Waals surface area contributed by atoms with E-state index in [0.717, 1.165) is 69.9 Å². The molecule has 1 aliphatic heterocycles. The van der Waals surface area contributed by atoms with Gasteiger partial charge in [-0.2, -0.15) is 0 Å². The zero-order chi connectivity index (χ0) is 19.6. The summed E-state index contributed by atoms with van der Waals surface area (Å²) < 4.78 is 5.37. The first-order valence-corrected chi connectivity index (χ1v) is 11.4. The van der Waals surface area contributed by atoms with Gasteiger partial charge in [0.25, 0.3) is 0 Å². The maximum Gasteiger partial charge on any atom is 0.226 e. The molecule has 4 bridgehead atoms. The molecule has 0 aromatic rings. The zero-order valence-corrected chi connectivity index (χ0v) is 17.4. The quantitative estimate of drug-likeness (QED) is 0.662. The van der Waals surface area contributed by atoms with Crippen LogP contribution >= 0.6 is 0 Å². The summed E-state index contributed by atoms with van der Waals surface area (Å²) in [4.78, 5) is 27.5. The van der Waals surface area contributed by atoms with Crippen LogP contribution < -0.4 is 10.6 Å². The van der Waals surface area contributed by atoms with Gasteiger partial charge in [0.15, 0.2) is 0 Å². The highest BCUT2D eigenvalue weighted by atomic mass is 16.5. The van der Waals surface area contributed by atoms with Crippen molar-refractivity contribution in [3.05, 3.63) is 0 Å². The molecule has 0 aromatic heterocycles. The van der Waals surface area contributed by atoms with Crippen LogP contribution in [0, 0.1) is 29.1 Å². The first-order chi connectivity index (χ1) is 13.5. The number of nitrogens with one attached hydrogen (secondary N) is 2. The Bertz CT molecular complexity index is 538. The monoisotopic (exact) mass is 391 g/mol. The summed E-state index contributed by atoms with van der Waals surface area (Å²) in [6, 6.07) is 0. The minimum absolute atomic E-state index is 0.0413. The molecule has 5 rings (SSSR count). The van der Waals surface area contributed by atoms with Crippen molar-refractivity contribution in [2.24, 2.45) is 29.1 Å². The minimum atomic E-state index is -0.113. The number of amides is 2. The summed E-state index contributed by atoms with van der Waals surface area (Å²) in [6.07, 6.45) is 7.65. The van der Waals surface area contributed by atoms with Crippen molar-refractivity contribution in [3.63, 3.8) is 0 Å². The van der Waals surface area contributed by atoms with Crippen LogP contribution in [0.2, 0.25) is 0 Å². The molecule has 0 aromatic carbocycles. The fourth-order valence-electron chi connectivity index (χ4n) is 6.53. The fourth-order valence-corrected chi connectivity index (χ4v) is 6.53. The smallest absolute Gasteiger partial charge is 0.226 e. The van der Waals surface area contributed by atoms with Gasteiger partial charge < -0.3 is 15.4 Å². The predicted octanol–water partition coefficient (Wildman–Crippen LogP) is 1.79. The van der Waals surface area contributed by atoms with Gasteiger partial charge in [0, 0.05) is 44.6 Å². The number of hydrogen-bond acceptors (Lipinski definition) is 4. The lowest BCUT2D eigenvalue weighted by Gasteiger charge is -2.55. The average molecular weight is 392 g/mol. The van der Waals surface area contributed by atoms with Crippen LogP contribution in [0.15, 0.2) is 0 Å². The minimum Gasteiger partial charge on any atom is -0.379 e. The summed E-state index contributed by atoms with van der Waals surface area (Å²) in [5.74, 6) is 3.00. The van der Waals surface area contributed by atoms with E-state index in [-0.39, 0.29) is 17.2 Å². The molecule has 1 saturated heterocycles. The third-order valence-corrected chi connectivity index (χ3v) is 7.48. The highest BCUT2D eigenvalue weighted by Crippen LogP contribution is 2.60. The van der Waals surface area contributed by atoms with E-state index in [1.165, 1.54) is 19.3 Å². The van der Waals surface area contributed by atoms with Gasteiger partial charge in [0.2, 0.25) is 11.8 Å². The van der Waals surface area contributed by atoms with E-state index >= 15 is 0 Å². The lowest BCUT2D eigenvalue weighted by Crippen LogP contribution is -2.53. The molecular weight excluding hydrogens is 354 g/mol. The first-order valence-electron chi connectivity index (χ1n) is 11.4. The Balaban J connectivity index is 1.13. The highest BCUT2D eigenvalue weighted by molar-refractivity contribution is 5.84. The first kappa shape index (κ1) is 20.1. The normalized spacial score (nSPS) is 35.5. The molecule has 0 radical (unpaired) electrons. The van der Waals surface area contributed by atoms with Gasteiger partial charge in [-0.1, -0.05) is 6.92 Å². The predicted molar refractivity (Wildman–Crippen MR) is 108 cm³/mol. The van der Waals surface area contributed by atoms with Crippen LogP contribution in [-0.4, -0.2) is 62.7 Å². The molecule has 2 N–H and O–H groups in total. The molecular formula is C22H37N3O3. The Labute approximate surface area is 169 Å². The Hall–Kier alpha value is -1.14. The van der Waals surface area contributed by atoms with Crippen LogP contribution in [0.5, 0.6) is 0 Å². The molecule has 1 atom stereocenters. The highest BCUT2D eigenvalue weighted by Gasteiger charge is 2.54. The van der Waals surface area contributed by atoms with Gasteiger partial charge in [-0.25, -0.2) is 0 Å². The number of hydrogen-bond donors (Lipinski definition) is 2. The molecule has 1 unspecified atom stereocenters. The van der Waals surface area contributed by atoms with E-state index in [2.05, 4.69) is 22.5 Å². The number of carbonyl (C=O) groups is 2. The zero-order valence-electron chi connectivity index (χ0n) is 17.4. The van der Waals surface area contributed by atoms with Crippen LogP contribution in [0.4, 0.5) is 0 Å². The van der Waals surface area contributed by atoms with E-state index in [1.54, 1.807) is 0 Å². The van der Waals surface area contributed by atoms with Crippen molar-refractivity contribution >= 4 is 11.8 Å². The molecule has 6 heteroatoms. The average Bonchev–Trinajstić information content (AvgIpc) is 2.66. The van der Waals surface area contributed by atoms with Gasteiger partial charge in [-0.15, -0.1) is 0 Å². The Morgan fingerprint density at radius 2 is 1.64 bits per heavy atom. The van der Waals surface area contributed by atoms with E-state index in [9.17, 15) is 9.59 Å². The molecule has 5 fully saturated rings. The molecule has 5 aliphatic rings. The van der Waals surface area contributed by atoms with Crippen LogP contribution in [0.3, 0.4) is 0 Å². The summed E-state index contributed by atoms with van der Waals surface area (Å²) in [5, 5.41) is 6.14. The molecule has 4 saturated carbocycles. The molecule has 28 heavy (non-hydrogen) atoms. The number of nitrogens with zero attached hydrogens (tertiary/aromatic N) is 1. The van der Waals surface area contributed by atoms with Crippen molar-refractivity contribution < 1.29 is 14.3 Å². The van der Waals surface area contributed by atoms with Crippen molar-refractivity contribution in [2.75, 3.05) is 45.9 Å². The molecule has 1 heterocycles. The molecule has 4 aliphatic carbocycles. The third kappa shape index (κ3) is 4.70. The molecule has 158 valence electrons.